The molecule has 2 fully saturated rings. The van der Waals surface area contributed by atoms with Gasteiger partial charge in [0, 0.05) is 25.1 Å². The SMILES string of the molecule is CN(Cc1cc(C2CC2)n[nH]1)C(=O)c1ccccc1C1CCNC1. The largest absolute Gasteiger partial charge is 0.336 e. The highest BCUT2D eigenvalue weighted by atomic mass is 16.2. The molecule has 1 saturated carbocycles. The van der Waals surface area contributed by atoms with E-state index in [0.717, 1.165) is 36.5 Å². The van der Waals surface area contributed by atoms with E-state index >= 15 is 0 Å². The third-order valence-corrected chi connectivity index (χ3v) is 5.09. The van der Waals surface area contributed by atoms with Crippen molar-refractivity contribution < 1.29 is 4.79 Å². The first-order valence-electron chi connectivity index (χ1n) is 8.81. The summed E-state index contributed by atoms with van der Waals surface area (Å²) in [5.74, 6) is 1.15. The fourth-order valence-electron chi connectivity index (χ4n) is 3.55. The van der Waals surface area contributed by atoms with Gasteiger partial charge < -0.3 is 10.2 Å². The number of hydrogen-bond acceptors (Lipinski definition) is 3. The number of hydrogen-bond donors (Lipinski definition) is 2. The van der Waals surface area contributed by atoms with E-state index in [2.05, 4.69) is 27.6 Å². The normalized spacial score (nSPS) is 20.3. The molecule has 24 heavy (non-hydrogen) atoms. The van der Waals surface area contributed by atoms with Gasteiger partial charge in [0.1, 0.15) is 0 Å². The molecular weight excluding hydrogens is 300 g/mol. The van der Waals surface area contributed by atoms with Crippen molar-refractivity contribution in [2.45, 2.75) is 37.6 Å². The lowest BCUT2D eigenvalue weighted by Crippen LogP contribution is -2.28. The molecule has 1 aromatic carbocycles. The molecule has 5 nitrogen and oxygen atoms in total. The van der Waals surface area contributed by atoms with E-state index in [1.54, 1.807) is 4.90 Å². The Morgan fingerprint density at radius 1 is 1.25 bits per heavy atom. The first-order chi connectivity index (χ1) is 11.7. The highest BCUT2D eigenvalue weighted by molar-refractivity contribution is 5.95. The lowest BCUT2D eigenvalue weighted by Gasteiger charge is -2.20. The van der Waals surface area contributed by atoms with Gasteiger partial charge in [0.25, 0.3) is 5.91 Å². The molecule has 5 heteroatoms. The summed E-state index contributed by atoms with van der Waals surface area (Å²) in [5.41, 5.74) is 4.15. The summed E-state index contributed by atoms with van der Waals surface area (Å²) in [7, 11) is 1.86. The maximum atomic E-state index is 13.0. The predicted octanol–water partition coefficient (Wildman–Crippen LogP) is 2.64. The van der Waals surface area contributed by atoms with Crippen molar-refractivity contribution >= 4 is 5.91 Å². The molecular formula is C19H24N4O. The zero-order valence-corrected chi connectivity index (χ0v) is 14.1. The van der Waals surface area contributed by atoms with Crippen molar-refractivity contribution in [3.63, 3.8) is 0 Å². The van der Waals surface area contributed by atoms with Crippen molar-refractivity contribution in [1.29, 1.82) is 0 Å². The number of carbonyl (C=O) groups excluding carboxylic acids is 1. The summed E-state index contributed by atoms with van der Waals surface area (Å²) in [5, 5.41) is 10.8. The molecule has 1 aromatic heterocycles. The van der Waals surface area contributed by atoms with Crippen LogP contribution in [-0.2, 0) is 6.54 Å². The molecule has 1 aliphatic carbocycles. The molecule has 0 radical (unpaired) electrons. The van der Waals surface area contributed by atoms with Gasteiger partial charge in [-0.25, -0.2) is 0 Å². The Hall–Kier alpha value is -2.14. The molecule has 0 spiro atoms. The first kappa shape index (κ1) is 15.4. The van der Waals surface area contributed by atoms with Crippen LogP contribution in [0.15, 0.2) is 30.3 Å². The van der Waals surface area contributed by atoms with Gasteiger partial charge in [0.05, 0.1) is 17.9 Å². The van der Waals surface area contributed by atoms with Crippen molar-refractivity contribution in [3.8, 4) is 0 Å². The Balaban J connectivity index is 1.49. The standard InChI is InChI=1S/C19H24N4O/c1-23(12-15-10-18(22-21-15)13-6-7-13)19(24)17-5-3-2-4-16(17)14-8-9-20-11-14/h2-5,10,13-14,20H,6-9,11-12H2,1H3,(H,21,22). The fourth-order valence-corrected chi connectivity index (χ4v) is 3.55. The van der Waals surface area contributed by atoms with Crippen LogP contribution in [0.4, 0.5) is 0 Å². The van der Waals surface area contributed by atoms with Crippen LogP contribution >= 0.6 is 0 Å². The van der Waals surface area contributed by atoms with Gasteiger partial charge >= 0.3 is 0 Å². The van der Waals surface area contributed by atoms with Gasteiger partial charge in [-0.05, 0) is 49.4 Å². The molecule has 1 saturated heterocycles. The number of rotatable bonds is 5. The van der Waals surface area contributed by atoms with Crippen LogP contribution in [-0.4, -0.2) is 41.1 Å². The molecule has 0 bridgehead atoms. The smallest absolute Gasteiger partial charge is 0.254 e. The number of aromatic amines is 1. The minimum absolute atomic E-state index is 0.0834. The number of amides is 1. The van der Waals surface area contributed by atoms with Gasteiger partial charge in [-0.3, -0.25) is 9.89 Å². The van der Waals surface area contributed by atoms with Crippen LogP contribution in [0.25, 0.3) is 0 Å². The van der Waals surface area contributed by atoms with E-state index < -0.39 is 0 Å². The predicted molar refractivity (Wildman–Crippen MR) is 93.0 cm³/mol. The minimum Gasteiger partial charge on any atom is -0.336 e. The van der Waals surface area contributed by atoms with E-state index in [-0.39, 0.29) is 5.91 Å². The second-order valence-corrected chi connectivity index (χ2v) is 7.03. The molecule has 1 amide bonds. The second-order valence-electron chi connectivity index (χ2n) is 7.03. The van der Waals surface area contributed by atoms with Gasteiger partial charge in [-0.15, -0.1) is 0 Å². The lowest BCUT2D eigenvalue weighted by molar-refractivity contribution is 0.0782. The molecule has 2 aliphatic rings. The molecule has 126 valence electrons. The third kappa shape index (κ3) is 3.08. The van der Waals surface area contributed by atoms with Crippen LogP contribution in [0.3, 0.4) is 0 Å². The van der Waals surface area contributed by atoms with Gasteiger partial charge in [0.15, 0.2) is 0 Å². The Kier molecular flexibility index (Phi) is 4.10. The van der Waals surface area contributed by atoms with Gasteiger partial charge in [-0.1, -0.05) is 18.2 Å². The molecule has 2 N–H and O–H groups in total. The Morgan fingerprint density at radius 2 is 2.08 bits per heavy atom. The summed E-state index contributed by atoms with van der Waals surface area (Å²) < 4.78 is 0. The number of H-pyrrole nitrogens is 1. The third-order valence-electron chi connectivity index (χ3n) is 5.09. The van der Waals surface area contributed by atoms with E-state index in [1.807, 2.05) is 25.2 Å². The van der Waals surface area contributed by atoms with Crippen LogP contribution < -0.4 is 5.32 Å². The van der Waals surface area contributed by atoms with Crippen molar-refractivity contribution in [1.82, 2.24) is 20.4 Å². The maximum absolute atomic E-state index is 13.0. The fraction of sp³-hybridized carbons (Fsp3) is 0.474. The molecule has 2 heterocycles. The average Bonchev–Trinajstić information content (AvgIpc) is 3.11. The highest BCUT2D eigenvalue weighted by Crippen LogP contribution is 2.39. The van der Waals surface area contributed by atoms with Crippen LogP contribution in [0.2, 0.25) is 0 Å². The van der Waals surface area contributed by atoms with E-state index in [1.165, 1.54) is 18.4 Å². The lowest BCUT2D eigenvalue weighted by atomic mass is 9.93. The number of nitrogens with one attached hydrogen (secondary N) is 2. The number of aromatic nitrogens is 2. The summed E-state index contributed by atoms with van der Waals surface area (Å²) in [6.45, 7) is 2.55. The summed E-state index contributed by atoms with van der Waals surface area (Å²) >= 11 is 0. The van der Waals surface area contributed by atoms with Crippen molar-refractivity contribution in [3.05, 3.63) is 52.8 Å². The summed E-state index contributed by atoms with van der Waals surface area (Å²) in [6, 6.07) is 10.1. The molecule has 2 aromatic rings. The Bertz CT molecular complexity index is 728. The zero-order valence-electron chi connectivity index (χ0n) is 14.1. The van der Waals surface area contributed by atoms with Crippen LogP contribution in [0.1, 0.15) is 58.4 Å². The number of carbonyl (C=O) groups is 1. The Morgan fingerprint density at radius 3 is 2.83 bits per heavy atom. The second kappa shape index (κ2) is 6.40. The van der Waals surface area contributed by atoms with Gasteiger partial charge in [0.2, 0.25) is 0 Å². The Labute approximate surface area is 142 Å². The zero-order chi connectivity index (χ0) is 16.5. The number of benzene rings is 1. The minimum atomic E-state index is 0.0834. The summed E-state index contributed by atoms with van der Waals surface area (Å²) in [6.07, 6.45) is 3.57. The van der Waals surface area contributed by atoms with E-state index in [0.29, 0.717) is 18.4 Å². The van der Waals surface area contributed by atoms with Crippen molar-refractivity contribution in [2.24, 2.45) is 0 Å². The number of nitrogens with zero attached hydrogens (tertiary/aromatic N) is 2. The molecule has 1 atom stereocenters. The van der Waals surface area contributed by atoms with E-state index in [4.69, 9.17) is 0 Å². The first-order valence-corrected chi connectivity index (χ1v) is 8.81. The molecule has 1 unspecified atom stereocenters. The summed E-state index contributed by atoms with van der Waals surface area (Å²) in [4.78, 5) is 14.7. The van der Waals surface area contributed by atoms with E-state index in [9.17, 15) is 4.79 Å². The molecule has 4 rings (SSSR count). The van der Waals surface area contributed by atoms with Gasteiger partial charge in [-0.2, -0.15) is 5.10 Å². The topological polar surface area (TPSA) is 61.0 Å². The average molecular weight is 324 g/mol. The highest BCUT2D eigenvalue weighted by Gasteiger charge is 2.27. The van der Waals surface area contributed by atoms with Crippen LogP contribution in [0.5, 0.6) is 0 Å². The van der Waals surface area contributed by atoms with Crippen molar-refractivity contribution in [2.75, 3.05) is 20.1 Å². The monoisotopic (exact) mass is 324 g/mol. The molecule has 1 aliphatic heterocycles. The maximum Gasteiger partial charge on any atom is 0.254 e. The van der Waals surface area contributed by atoms with Crippen LogP contribution in [0, 0.1) is 0 Å². The quantitative estimate of drug-likeness (QED) is 0.889.